The normalized spacial score (nSPS) is 19.8. The monoisotopic (exact) mass is 106 g/mol. The molecule has 0 atom stereocenters. The van der Waals surface area contributed by atoms with Crippen LogP contribution >= 0.6 is 0 Å². The molecular formula is C6H11LiO. The molecule has 0 N–H and O–H groups in total. The van der Waals surface area contributed by atoms with Gasteiger partial charge in [0.05, 0.1) is 0 Å². The predicted molar refractivity (Wildman–Crippen MR) is 35.2 cm³/mol. The van der Waals surface area contributed by atoms with Crippen LogP contribution in [-0.4, -0.2) is 24.6 Å². The SMILES string of the molecule is O=C1CCCCC1.[LiH]. The van der Waals surface area contributed by atoms with E-state index in [4.69, 9.17) is 0 Å². The number of hydrogen-bond acceptors (Lipinski definition) is 1. The van der Waals surface area contributed by atoms with Crippen LogP contribution in [0.4, 0.5) is 0 Å². The van der Waals surface area contributed by atoms with E-state index in [1.165, 1.54) is 6.42 Å². The maximum atomic E-state index is 10.5. The summed E-state index contributed by atoms with van der Waals surface area (Å²) in [5.74, 6) is 0.464. The average Bonchev–Trinajstić information content (AvgIpc) is 1.69. The zero-order valence-corrected chi connectivity index (χ0v) is 4.44. The van der Waals surface area contributed by atoms with Crippen LogP contribution in [0.2, 0.25) is 0 Å². The van der Waals surface area contributed by atoms with Crippen LogP contribution in [0.25, 0.3) is 0 Å². The first kappa shape index (κ1) is 8.27. The summed E-state index contributed by atoms with van der Waals surface area (Å²) in [4.78, 5) is 10.5. The minimum absolute atomic E-state index is 0. The molecule has 0 heterocycles. The standard InChI is InChI=1S/C6H10O.Li.H/c7-6-4-2-1-3-5-6;;/h1-5H2;;. The third kappa shape index (κ3) is 2.54. The van der Waals surface area contributed by atoms with E-state index in [0.717, 1.165) is 25.7 Å². The fraction of sp³-hybridized carbons (Fsp3) is 0.833. The molecule has 0 bridgehead atoms. The number of rotatable bonds is 0. The Labute approximate surface area is 62.0 Å². The Balaban J connectivity index is 0.000000490. The van der Waals surface area contributed by atoms with E-state index in [9.17, 15) is 4.79 Å². The molecule has 1 rings (SSSR count). The van der Waals surface area contributed by atoms with E-state index in [1.807, 2.05) is 0 Å². The Kier molecular flexibility index (Phi) is 4.32. The molecule has 1 saturated carbocycles. The van der Waals surface area contributed by atoms with Crippen molar-refractivity contribution in [3.05, 3.63) is 0 Å². The van der Waals surface area contributed by atoms with E-state index < -0.39 is 0 Å². The molecule has 0 spiro atoms. The molecule has 0 unspecified atom stereocenters. The van der Waals surface area contributed by atoms with Gasteiger partial charge in [-0.15, -0.1) is 0 Å². The van der Waals surface area contributed by atoms with Gasteiger partial charge in [-0.25, -0.2) is 0 Å². The van der Waals surface area contributed by atoms with Crippen molar-refractivity contribution < 1.29 is 4.79 Å². The molecule has 0 aromatic rings. The number of hydrogen-bond donors (Lipinski definition) is 0. The van der Waals surface area contributed by atoms with Gasteiger partial charge in [-0.3, -0.25) is 4.79 Å². The van der Waals surface area contributed by atoms with E-state index in [1.54, 1.807) is 0 Å². The fourth-order valence-electron chi connectivity index (χ4n) is 0.946. The fourth-order valence-corrected chi connectivity index (χ4v) is 0.946. The van der Waals surface area contributed by atoms with Crippen molar-refractivity contribution in [1.29, 1.82) is 0 Å². The summed E-state index contributed by atoms with van der Waals surface area (Å²) in [6, 6.07) is 0. The summed E-state index contributed by atoms with van der Waals surface area (Å²) >= 11 is 0. The summed E-state index contributed by atoms with van der Waals surface area (Å²) in [7, 11) is 0. The van der Waals surface area contributed by atoms with Crippen molar-refractivity contribution in [1.82, 2.24) is 0 Å². The Morgan fingerprint density at radius 2 is 1.50 bits per heavy atom. The van der Waals surface area contributed by atoms with Crippen molar-refractivity contribution in [3.63, 3.8) is 0 Å². The zero-order valence-electron chi connectivity index (χ0n) is 4.44. The van der Waals surface area contributed by atoms with Crippen molar-refractivity contribution >= 4 is 24.6 Å². The third-order valence-corrected chi connectivity index (χ3v) is 1.41. The quantitative estimate of drug-likeness (QED) is 0.419. The van der Waals surface area contributed by atoms with E-state index in [2.05, 4.69) is 0 Å². The third-order valence-electron chi connectivity index (χ3n) is 1.41. The number of carbonyl (C=O) groups excluding carboxylic acids is 1. The maximum absolute atomic E-state index is 10.5. The van der Waals surface area contributed by atoms with Gasteiger partial charge in [-0.1, -0.05) is 6.42 Å². The van der Waals surface area contributed by atoms with Crippen LogP contribution in [0, 0.1) is 0 Å². The Bertz CT molecular complexity index is 72.6. The average molecular weight is 106 g/mol. The van der Waals surface area contributed by atoms with E-state index >= 15 is 0 Å². The van der Waals surface area contributed by atoms with Gasteiger partial charge in [-0.2, -0.15) is 0 Å². The molecule has 0 aromatic carbocycles. The molecule has 42 valence electrons. The van der Waals surface area contributed by atoms with Gasteiger partial charge in [0.2, 0.25) is 0 Å². The summed E-state index contributed by atoms with van der Waals surface area (Å²) < 4.78 is 0. The first-order valence-electron chi connectivity index (χ1n) is 2.91. The molecule has 1 aliphatic rings. The second-order valence-corrected chi connectivity index (χ2v) is 2.10. The van der Waals surface area contributed by atoms with Crippen molar-refractivity contribution in [2.75, 3.05) is 0 Å². The molecule has 1 fully saturated rings. The van der Waals surface area contributed by atoms with Gasteiger partial charge in [0.1, 0.15) is 5.78 Å². The van der Waals surface area contributed by atoms with Gasteiger partial charge in [0.15, 0.2) is 0 Å². The summed E-state index contributed by atoms with van der Waals surface area (Å²) in [5.41, 5.74) is 0. The second kappa shape index (κ2) is 4.18. The topological polar surface area (TPSA) is 17.1 Å². The first-order chi connectivity index (χ1) is 3.39. The first-order valence-corrected chi connectivity index (χ1v) is 2.91. The number of carbonyl (C=O) groups is 1. The van der Waals surface area contributed by atoms with Gasteiger partial charge in [0, 0.05) is 12.8 Å². The molecule has 1 aliphatic carbocycles. The molecule has 0 aromatic heterocycles. The summed E-state index contributed by atoms with van der Waals surface area (Å²) in [5, 5.41) is 0. The van der Waals surface area contributed by atoms with Gasteiger partial charge in [0.25, 0.3) is 0 Å². The molecule has 1 nitrogen and oxygen atoms in total. The van der Waals surface area contributed by atoms with Crippen molar-refractivity contribution in [2.45, 2.75) is 32.1 Å². The molecular weight excluding hydrogens is 95.0 g/mol. The van der Waals surface area contributed by atoms with Crippen LogP contribution in [-0.2, 0) is 4.79 Å². The van der Waals surface area contributed by atoms with Gasteiger partial charge < -0.3 is 0 Å². The zero-order chi connectivity index (χ0) is 5.11. The Morgan fingerprint density at radius 3 is 1.75 bits per heavy atom. The van der Waals surface area contributed by atoms with Crippen LogP contribution in [0.15, 0.2) is 0 Å². The molecule has 2 heteroatoms. The minimum atomic E-state index is 0. The Morgan fingerprint density at radius 1 is 1.00 bits per heavy atom. The van der Waals surface area contributed by atoms with Crippen LogP contribution in [0.3, 0.4) is 0 Å². The number of ketones is 1. The molecule has 0 radical (unpaired) electrons. The molecule has 0 saturated heterocycles. The van der Waals surface area contributed by atoms with Gasteiger partial charge in [-0.05, 0) is 12.8 Å². The summed E-state index contributed by atoms with van der Waals surface area (Å²) in [6.07, 6.45) is 5.24. The number of Topliss-reactive ketones (excluding diaryl/α,β-unsaturated/α-hetero) is 1. The molecule has 0 aliphatic heterocycles. The molecule has 0 amide bonds. The van der Waals surface area contributed by atoms with E-state index in [0.29, 0.717) is 5.78 Å². The van der Waals surface area contributed by atoms with Gasteiger partial charge >= 0.3 is 18.9 Å². The molecule has 8 heavy (non-hydrogen) atoms. The van der Waals surface area contributed by atoms with E-state index in [-0.39, 0.29) is 18.9 Å². The second-order valence-electron chi connectivity index (χ2n) is 2.10. The van der Waals surface area contributed by atoms with Crippen LogP contribution in [0.5, 0.6) is 0 Å². The van der Waals surface area contributed by atoms with Crippen LogP contribution in [0.1, 0.15) is 32.1 Å². The van der Waals surface area contributed by atoms with Crippen molar-refractivity contribution in [2.24, 2.45) is 0 Å². The Hall–Kier alpha value is 0.267. The summed E-state index contributed by atoms with van der Waals surface area (Å²) in [6.45, 7) is 0. The predicted octanol–water partition coefficient (Wildman–Crippen LogP) is 0.871. The van der Waals surface area contributed by atoms with Crippen molar-refractivity contribution in [3.8, 4) is 0 Å². The van der Waals surface area contributed by atoms with Crippen LogP contribution < -0.4 is 0 Å².